The Labute approximate surface area is 112 Å². The summed E-state index contributed by atoms with van der Waals surface area (Å²) in [7, 11) is 0. The second kappa shape index (κ2) is 4.81. The van der Waals surface area contributed by atoms with E-state index >= 15 is 0 Å². The molecule has 3 rings (SSSR count). The zero-order chi connectivity index (χ0) is 12.4. The van der Waals surface area contributed by atoms with Crippen LogP contribution in [0.1, 0.15) is 5.56 Å². The Hall–Kier alpha value is -1.82. The lowest BCUT2D eigenvalue weighted by atomic mass is 10.2. The number of ether oxygens (including phenoxy) is 3. The zero-order valence-electron chi connectivity index (χ0n) is 9.30. The van der Waals surface area contributed by atoms with Gasteiger partial charge in [-0.2, -0.15) is 0 Å². The summed E-state index contributed by atoms with van der Waals surface area (Å²) in [6.45, 7) is 0.660. The van der Waals surface area contributed by atoms with Crippen LogP contribution in [0, 0.1) is 0 Å². The van der Waals surface area contributed by atoms with E-state index in [0.29, 0.717) is 12.6 Å². The average Bonchev–Trinajstić information content (AvgIpc) is 2.85. The van der Waals surface area contributed by atoms with Gasteiger partial charge in [-0.3, -0.25) is 0 Å². The van der Waals surface area contributed by atoms with Crippen molar-refractivity contribution in [3.8, 4) is 17.5 Å². The van der Waals surface area contributed by atoms with E-state index < -0.39 is 0 Å². The van der Waals surface area contributed by atoms with Crippen LogP contribution < -0.4 is 14.2 Å². The molecule has 2 heterocycles. The van der Waals surface area contributed by atoms with E-state index in [1.807, 2.05) is 18.2 Å². The lowest BCUT2D eigenvalue weighted by Gasteiger charge is -2.05. The van der Waals surface area contributed by atoms with Gasteiger partial charge in [-0.15, -0.1) is 0 Å². The van der Waals surface area contributed by atoms with Crippen molar-refractivity contribution in [2.45, 2.75) is 6.61 Å². The molecule has 0 aliphatic carbocycles. The quantitative estimate of drug-likeness (QED) is 0.872. The number of fused-ring (bicyclic) bond motifs is 1. The highest BCUT2D eigenvalue weighted by Gasteiger charge is 2.13. The average molecular weight is 309 g/mol. The molecule has 0 amide bonds. The minimum absolute atomic E-state index is 0.273. The van der Waals surface area contributed by atoms with E-state index in [1.54, 1.807) is 12.4 Å². The topological polar surface area (TPSA) is 53.5 Å². The van der Waals surface area contributed by atoms with Crippen molar-refractivity contribution in [3.05, 3.63) is 40.6 Å². The Bertz CT molecular complexity index is 560. The highest BCUT2D eigenvalue weighted by atomic mass is 79.9. The maximum absolute atomic E-state index is 5.47. The lowest BCUT2D eigenvalue weighted by molar-refractivity contribution is 0.174. The van der Waals surface area contributed by atoms with Crippen LogP contribution >= 0.6 is 15.9 Å². The monoisotopic (exact) mass is 308 g/mol. The molecule has 0 unspecified atom stereocenters. The summed E-state index contributed by atoms with van der Waals surface area (Å²) < 4.78 is 16.8. The molecular weight excluding hydrogens is 300 g/mol. The largest absolute Gasteiger partial charge is 0.459 e. The molecule has 0 N–H and O–H groups in total. The molecule has 6 heteroatoms. The van der Waals surface area contributed by atoms with Crippen molar-refractivity contribution in [3.63, 3.8) is 0 Å². The Morgan fingerprint density at radius 1 is 1.17 bits per heavy atom. The fraction of sp³-hybridized carbons (Fsp3) is 0.167. The Morgan fingerprint density at radius 3 is 2.78 bits per heavy atom. The molecule has 0 atom stereocenters. The summed E-state index contributed by atoms with van der Waals surface area (Å²) in [6.07, 6.45) is 3.28. The van der Waals surface area contributed by atoms with Crippen molar-refractivity contribution in [1.29, 1.82) is 0 Å². The predicted molar refractivity (Wildman–Crippen MR) is 66.6 cm³/mol. The van der Waals surface area contributed by atoms with Gasteiger partial charge in [0.25, 0.3) is 0 Å². The molecule has 0 saturated carbocycles. The first-order valence-corrected chi connectivity index (χ1v) is 6.09. The smallest absolute Gasteiger partial charge is 0.316 e. The van der Waals surface area contributed by atoms with Gasteiger partial charge in [-0.1, -0.05) is 6.07 Å². The van der Waals surface area contributed by atoms with Gasteiger partial charge in [-0.05, 0) is 33.6 Å². The molecule has 0 bridgehead atoms. The molecule has 1 aliphatic rings. The first-order valence-electron chi connectivity index (χ1n) is 5.30. The van der Waals surface area contributed by atoms with Gasteiger partial charge < -0.3 is 14.2 Å². The summed E-state index contributed by atoms with van der Waals surface area (Å²) in [4.78, 5) is 8.06. The molecule has 0 spiro atoms. The number of hydrogen-bond acceptors (Lipinski definition) is 5. The molecule has 1 aromatic carbocycles. The summed E-state index contributed by atoms with van der Waals surface area (Å²) in [5, 5.41) is 0. The molecule has 0 saturated heterocycles. The minimum Gasteiger partial charge on any atom is -0.459 e. The SMILES string of the molecule is Brc1cnc(OCc2ccc3c(c2)OCO3)nc1. The third-order valence-electron chi connectivity index (χ3n) is 2.40. The van der Waals surface area contributed by atoms with E-state index in [4.69, 9.17) is 14.2 Å². The maximum atomic E-state index is 5.47. The second-order valence-electron chi connectivity index (χ2n) is 3.66. The van der Waals surface area contributed by atoms with Crippen LogP contribution in [-0.4, -0.2) is 16.8 Å². The van der Waals surface area contributed by atoms with E-state index in [0.717, 1.165) is 21.5 Å². The van der Waals surface area contributed by atoms with Crippen LogP contribution in [-0.2, 0) is 6.61 Å². The number of rotatable bonds is 3. The third kappa shape index (κ3) is 2.38. The summed E-state index contributed by atoms with van der Waals surface area (Å²) >= 11 is 3.26. The van der Waals surface area contributed by atoms with Crippen molar-refractivity contribution < 1.29 is 14.2 Å². The van der Waals surface area contributed by atoms with E-state index in [1.165, 1.54) is 0 Å². The number of benzene rings is 1. The van der Waals surface area contributed by atoms with E-state index in [2.05, 4.69) is 25.9 Å². The standard InChI is InChI=1S/C12H9BrN2O3/c13-9-4-14-12(15-5-9)16-6-8-1-2-10-11(3-8)18-7-17-10/h1-5H,6-7H2. The van der Waals surface area contributed by atoms with Gasteiger partial charge >= 0.3 is 6.01 Å². The van der Waals surface area contributed by atoms with E-state index in [9.17, 15) is 0 Å². The molecule has 92 valence electrons. The van der Waals surface area contributed by atoms with Crippen LogP contribution in [0.4, 0.5) is 0 Å². The van der Waals surface area contributed by atoms with Crippen LogP contribution in [0.2, 0.25) is 0 Å². The molecule has 0 fully saturated rings. The number of aromatic nitrogens is 2. The first-order chi connectivity index (χ1) is 8.81. The van der Waals surface area contributed by atoms with Crippen LogP contribution in [0.25, 0.3) is 0 Å². The molecule has 5 nitrogen and oxygen atoms in total. The van der Waals surface area contributed by atoms with Crippen molar-refractivity contribution in [2.75, 3.05) is 6.79 Å². The van der Waals surface area contributed by atoms with Crippen LogP contribution in [0.15, 0.2) is 35.1 Å². The number of nitrogens with zero attached hydrogens (tertiary/aromatic N) is 2. The Morgan fingerprint density at radius 2 is 1.94 bits per heavy atom. The second-order valence-corrected chi connectivity index (χ2v) is 4.58. The summed E-state index contributed by atoms with van der Waals surface area (Å²) in [6, 6.07) is 6.02. The van der Waals surface area contributed by atoms with Crippen molar-refractivity contribution in [2.24, 2.45) is 0 Å². The van der Waals surface area contributed by atoms with Crippen molar-refractivity contribution >= 4 is 15.9 Å². The van der Waals surface area contributed by atoms with Gasteiger partial charge in [0, 0.05) is 12.4 Å². The lowest BCUT2D eigenvalue weighted by Crippen LogP contribution is -1.99. The molecular formula is C12H9BrN2O3. The highest BCUT2D eigenvalue weighted by Crippen LogP contribution is 2.32. The zero-order valence-corrected chi connectivity index (χ0v) is 10.9. The fourth-order valence-electron chi connectivity index (χ4n) is 1.55. The Kier molecular flexibility index (Phi) is 3.02. The van der Waals surface area contributed by atoms with Gasteiger partial charge in [0.1, 0.15) is 6.61 Å². The van der Waals surface area contributed by atoms with Crippen LogP contribution in [0.5, 0.6) is 17.5 Å². The molecule has 1 aromatic heterocycles. The molecule has 0 radical (unpaired) electrons. The molecule has 18 heavy (non-hydrogen) atoms. The molecule has 1 aliphatic heterocycles. The highest BCUT2D eigenvalue weighted by molar-refractivity contribution is 9.10. The van der Waals surface area contributed by atoms with Crippen molar-refractivity contribution in [1.82, 2.24) is 9.97 Å². The summed E-state index contributed by atoms with van der Waals surface area (Å²) in [5.74, 6) is 1.51. The maximum Gasteiger partial charge on any atom is 0.316 e. The molecule has 2 aromatic rings. The van der Waals surface area contributed by atoms with Crippen LogP contribution in [0.3, 0.4) is 0 Å². The minimum atomic E-state index is 0.273. The Balaban J connectivity index is 1.68. The first kappa shape index (κ1) is 11.3. The number of halogens is 1. The predicted octanol–water partition coefficient (Wildman–Crippen LogP) is 2.55. The van der Waals surface area contributed by atoms with Gasteiger partial charge in [-0.25, -0.2) is 9.97 Å². The van der Waals surface area contributed by atoms with Gasteiger partial charge in [0.2, 0.25) is 6.79 Å². The van der Waals surface area contributed by atoms with Gasteiger partial charge in [0.15, 0.2) is 11.5 Å². The number of hydrogen-bond donors (Lipinski definition) is 0. The van der Waals surface area contributed by atoms with Gasteiger partial charge in [0.05, 0.1) is 4.47 Å². The summed E-state index contributed by atoms with van der Waals surface area (Å²) in [5.41, 5.74) is 0.978. The van der Waals surface area contributed by atoms with E-state index in [-0.39, 0.29) is 6.79 Å². The normalized spacial score (nSPS) is 12.5. The third-order valence-corrected chi connectivity index (χ3v) is 2.81. The fourth-order valence-corrected chi connectivity index (χ4v) is 1.76.